The van der Waals surface area contributed by atoms with Crippen molar-refractivity contribution in [3.05, 3.63) is 22.4 Å². The van der Waals surface area contributed by atoms with Crippen molar-refractivity contribution in [2.24, 2.45) is 11.8 Å². The van der Waals surface area contributed by atoms with Crippen LogP contribution in [0.15, 0.2) is 17.5 Å². The Morgan fingerprint density at radius 3 is 3.00 bits per heavy atom. The van der Waals surface area contributed by atoms with Gasteiger partial charge in [-0.1, -0.05) is 39.2 Å². The molecule has 2 rings (SSSR count). The number of rotatable bonds is 6. The minimum atomic E-state index is 0.575. The third-order valence-corrected chi connectivity index (χ3v) is 5.27. The summed E-state index contributed by atoms with van der Waals surface area (Å²) in [5.74, 6) is 1.94. The molecule has 1 nitrogen and oxygen atoms in total. The largest absolute Gasteiger partial charge is 0.309 e. The Bertz CT molecular complexity index is 320. The molecule has 0 spiro atoms. The molecule has 0 radical (unpaired) electrons. The highest BCUT2D eigenvalue weighted by Crippen LogP contribution is 2.30. The Morgan fingerprint density at radius 1 is 1.44 bits per heavy atom. The zero-order valence-electron chi connectivity index (χ0n) is 11.8. The van der Waals surface area contributed by atoms with E-state index in [1.165, 1.54) is 49.9 Å². The molecule has 18 heavy (non-hydrogen) atoms. The highest BCUT2D eigenvalue weighted by molar-refractivity contribution is 7.10. The summed E-state index contributed by atoms with van der Waals surface area (Å²) in [6.07, 6.45) is 8.39. The summed E-state index contributed by atoms with van der Waals surface area (Å²) in [6, 6.07) is 4.99. The summed E-state index contributed by atoms with van der Waals surface area (Å²) in [7, 11) is 0. The lowest BCUT2D eigenvalue weighted by Crippen LogP contribution is -2.24. The van der Waals surface area contributed by atoms with Crippen molar-refractivity contribution >= 4 is 11.3 Å². The Balaban J connectivity index is 1.70. The van der Waals surface area contributed by atoms with Crippen molar-refractivity contribution in [1.82, 2.24) is 5.32 Å². The lowest BCUT2D eigenvalue weighted by Gasteiger charge is -2.27. The van der Waals surface area contributed by atoms with Crippen molar-refractivity contribution < 1.29 is 0 Å². The van der Waals surface area contributed by atoms with E-state index in [9.17, 15) is 0 Å². The van der Waals surface area contributed by atoms with Gasteiger partial charge in [0.1, 0.15) is 0 Å². The number of hydrogen-bond acceptors (Lipinski definition) is 2. The van der Waals surface area contributed by atoms with E-state index in [0.717, 1.165) is 11.8 Å². The molecule has 102 valence electrons. The highest BCUT2D eigenvalue weighted by Gasteiger charge is 2.19. The SMILES string of the molecule is CCC(NCCC1CCCC(C)C1)c1cccs1. The maximum atomic E-state index is 3.74. The Labute approximate surface area is 116 Å². The third kappa shape index (κ3) is 4.10. The molecule has 1 saturated carbocycles. The van der Waals surface area contributed by atoms with Crippen molar-refractivity contribution in [2.75, 3.05) is 6.54 Å². The van der Waals surface area contributed by atoms with Gasteiger partial charge in [0.2, 0.25) is 0 Å². The van der Waals surface area contributed by atoms with Crippen LogP contribution in [0.25, 0.3) is 0 Å². The van der Waals surface area contributed by atoms with Crippen molar-refractivity contribution in [1.29, 1.82) is 0 Å². The fourth-order valence-corrected chi connectivity index (χ4v) is 4.10. The molecule has 1 aromatic rings. The van der Waals surface area contributed by atoms with Crippen LogP contribution in [-0.4, -0.2) is 6.54 Å². The molecule has 1 heterocycles. The molecule has 1 aromatic heterocycles. The Hall–Kier alpha value is -0.340. The predicted octanol–water partition coefficient (Wildman–Crippen LogP) is 5.01. The number of nitrogens with one attached hydrogen (secondary N) is 1. The van der Waals surface area contributed by atoms with E-state index < -0.39 is 0 Å². The van der Waals surface area contributed by atoms with E-state index in [1.54, 1.807) is 0 Å². The summed E-state index contributed by atoms with van der Waals surface area (Å²) in [6.45, 7) is 5.88. The maximum absolute atomic E-state index is 3.74. The van der Waals surface area contributed by atoms with Crippen LogP contribution in [0.3, 0.4) is 0 Å². The van der Waals surface area contributed by atoms with Gasteiger partial charge in [-0.2, -0.15) is 0 Å². The molecule has 0 aliphatic heterocycles. The minimum absolute atomic E-state index is 0.575. The predicted molar refractivity (Wildman–Crippen MR) is 81.1 cm³/mol. The van der Waals surface area contributed by atoms with Gasteiger partial charge in [0.15, 0.2) is 0 Å². The average molecular weight is 265 g/mol. The van der Waals surface area contributed by atoms with Gasteiger partial charge in [0, 0.05) is 10.9 Å². The molecule has 1 fully saturated rings. The summed E-state index contributed by atoms with van der Waals surface area (Å²) in [5, 5.41) is 5.93. The topological polar surface area (TPSA) is 12.0 Å². The minimum Gasteiger partial charge on any atom is -0.309 e. The van der Waals surface area contributed by atoms with Gasteiger partial charge >= 0.3 is 0 Å². The highest BCUT2D eigenvalue weighted by atomic mass is 32.1. The second-order valence-corrected chi connectivity index (χ2v) is 6.84. The molecule has 3 unspecified atom stereocenters. The van der Waals surface area contributed by atoms with E-state index in [0.29, 0.717) is 6.04 Å². The van der Waals surface area contributed by atoms with Crippen LogP contribution < -0.4 is 5.32 Å². The van der Waals surface area contributed by atoms with Crippen molar-refractivity contribution in [3.63, 3.8) is 0 Å². The van der Waals surface area contributed by atoms with Gasteiger partial charge < -0.3 is 5.32 Å². The van der Waals surface area contributed by atoms with Crippen LogP contribution in [0.1, 0.15) is 63.3 Å². The fraction of sp³-hybridized carbons (Fsp3) is 0.750. The molecule has 1 aliphatic rings. The molecule has 0 saturated heterocycles. The molecule has 0 bridgehead atoms. The Kier molecular flexibility index (Phi) is 5.71. The summed E-state index contributed by atoms with van der Waals surface area (Å²) >= 11 is 1.88. The first kappa shape index (κ1) is 14.1. The van der Waals surface area contributed by atoms with Crippen molar-refractivity contribution in [3.8, 4) is 0 Å². The standard InChI is InChI=1S/C16H27NS/c1-3-15(16-8-5-11-18-16)17-10-9-14-7-4-6-13(2)12-14/h5,8,11,13-15,17H,3-4,6-7,9-10,12H2,1-2H3. The maximum Gasteiger partial charge on any atom is 0.0412 e. The average Bonchev–Trinajstić information content (AvgIpc) is 2.88. The van der Waals surface area contributed by atoms with Gasteiger partial charge in [-0.3, -0.25) is 0 Å². The first-order valence-corrected chi connectivity index (χ1v) is 8.44. The van der Waals surface area contributed by atoms with Crippen LogP contribution in [0, 0.1) is 11.8 Å². The summed E-state index contributed by atoms with van der Waals surface area (Å²) in [5.41, 5.74) is 0. The molecular weight excluding hydrogens is 238 g/mol. The van der Waals surface area contributed by atoms with E-state index >= 15 is 0 Å². The first-order valence-electron chi connectivity index (χ1n) is 7.56. The van der Waals surface area contributed by atoms with Gasteiger partial charge in [-0.05, 0) is 49.1 Å². The van der Waals surface area contributed by atoms with Crippen LogP contribution in [0.2, 0.25) is 0 Å². The quantitative estimate of drug-likeness (QED) is 0.762. The second kappa shape index (κ2) is 7.30. The molecule has 3 atom stereocenters. The normalized spacial score (nSPS) is 26.1. The fourth-order valence-electron chi connectivity index (χ4n) is 3.22. The van der Waals surface area contributed by atoms with E-state index in [-0.39, 0.29) is 0 Å². The summed E-state index contributed by atoms with van der Waals surface area (Å²) < 4.78 is 0. The van der Waals surface area contributed by atoms with Crippen LogP contribution in [-0.2, 0) is 0 Å². The van der Waals surface area contributed by atoms with Gasteiger partial charge in [-0.15, -0.1) is 11.3 Å². The Morgan fingerprint density at radius 2 is 2.33 bits per heavy atom. The molecule has 1 aliphatic carbocycles. The van der Waals surface area contributed by atoms with E-state index in [1.807, 2.05) is 11.3 Å². The molecule has 2 heteroatoms. The first-order chi connectivity index (χ1) is 8.79. The molecule has 0 aromatic carbocycles. The van der Waals surface area contributed by atoms with Crippen LogP contribution in [0.5, 0.6) is 0 Å². The van der Waals surface area contributed by atoms with Crippen LogP contribution in [0.4, 0.5) is 0 Å². The third-order valence-electron chi connectivity index (χ3n) is 4.28. The zero-order chi connectivity index (χ0) is 12.8. The summed E-state index contributed by atoms with van der Waals surface area (Å²) in [4.78, 5) is 1.49. The lowest BCUT2D eigenvalue weighted by atomic mass is 9.81. The zero-order valence-corrected chi connectivity index (χ0v) is 12.6. The monoisotopic (exact) mass is 265 g/mol. The molecule has 0 amide bonds. The van der Waals surface area contributed by atoms with Crippen molar-refractivity contribution in [2.45, 2.75) is 58.4 Å². The van der Waals surface area contributed by atoms with Crippen LogP contribution >= 0.6 is 11.3 Å². The van der Waals surface area contributed by atoms with Gasteiger partial charge in [0.25, 0.3) is 0 Å². The molecular formula is C16H27NS. The second-order valence-electron chi connectivity index (χ2n) is 5.86. The van der Waals surface area contributed by atoms with E-state index in [2.05, 4.69) is 36.7 Å². The smallest absolute Gasteiger partial charge is 0.0412 e. The van der Waals surface area contributed by atoms with Gasteiger partial charge in [-0.25, -0.2) is 0 Å². The number of thiophene rings is 1. The van der Waals surface area contributed by atoms with E-state index in [4.69, 9.17) is 0 Å². The molecule has 1 N–H and O–H groups in total. The lowest BCUT2D eigenvalue weighted by molar-refractivity contribution is 0.265. The number of hydrogen-bond donors (Lipinski definition) is 1. The van der Waals surface area contributed by atoms with Gasteiger partial charge in [0.05, 0.1) is 0 Å².